The van der Waals surface area contributed by atoms with Crippen LogP contribution in [0, 0.1) is 0 Å². The van der Waals surface area contributed by atoms with Crippen LogP contribution in [-0.4, -0.2) is 33.0 Å². The molecule has 0 aliphatic heterocycles. The molecule has 1 atom stereocenters. The Balaban J connectivity index is 2.73. The summed E-state index contributed by atoms with van der Waals surface area (Å²) in [5.74, 6) is 0.863. The minimum Gasteiger partial charge on any atom is -0.496 e. The second-order valence-electron chi connectivity index (χ2n) is 5.80. The lowest BCUT2D eigenvalue weighted by molar-refractivity contribution is -0.0103. The monoisotopic (exact) mass is 295 g/mol. The van der Waals surface area contributed by atoms with Crippen molar-refractivity contribution in [3.05, 3.63) is 29.3 Å². The minimum absolute atomic E-state index is 0.162. The van der Waals surface area contributed by atoms with E-state index in [-0.39, 0.29) is 11.6 Å². The van der Waals surface area contributed by atoms with E-state index in [2.05, 4.69) is 38.2 Å². The smallest absolute Gasteiger partial charge is 0.124 e. The van der Waals surface area contributed by atoms with Gasteiger partial charge in [0.25, 0.3) is 0 Å². The van der Waals surface area contributed by atoms with Crippen molar-refractivity contribution in [3.63, 3.8) is 0 Å². The summed E-state index contributed by atoms with van der Waals surface area (Å²) in [5.41, 5.74) is 2.12. The van der Waals surface area contributed by atoms with Crippen molar-refractivity contribution >= 4 is 0 Å². The molecule has 1 rings (SSSR count). The molecule has 0 bridgehead atoms. The van der Waals surface area contributed by atoms with Gasteiger partial charge in [-0.25, -0.2) is 0 Å². The third-order valence-electron chi connectivity index (χ3n) is 3.47. The molecule has 0 aliphatic rings. The largest absolute Gasteiger partial charge is 0.496 e. The molecule has 0 aliphatic carbocycles. The molecule has 0 aromatic heterocycles. The fraction of sp³-hybridized carbons (Fsp3) is 0.647. The second-order valence-corrected chi connectivity index (χ2v) is 5.80. The van der Waals surface area contributed by atoms with Crippen molar-refractivity contribution in [2.75, 3.05) is 27.4 Å². The van der Waals surface area contributed by atoms with Crippen LogP contribution in [0.3, 0.4) is 0 Å². The van der Waals surface area contributed by atoms with Gasteiger partial charge in [0.15, 0.2) is 0 Å². The van der Waals surface area contributed by atoms with E-state index in [4.69, 9.17) is 14.2 Å². The molecule has 0 fully saturated rings. The zero-order valence-corrected chi connectivity index (χ0v) is 14.2. The molecule has 21 heavy (non-hydrogen) atoms. The maximum absolute atomic E-state index is 5.71. The molecule has 0 heterocycles. The fourth-order valence-corrected chi connectivity index (χ4v) is 2.29. The van der Waals surface area contributed by atoms with Crippen LogP contribution in [0.2, 0.25) is 0 Å². The standard InChI is InChI=1S/C17H29NO3/c1-7-21-17(3,4)12-18-13(2)14-8-9-16(20-6)15(10-14)11-19-5/h8-10,13,18H,7,11-12H2,1-6H3. The van der Waals surface area contributed by atoms with Crippen molar-refractivity contribution < 1.29 is 14.2 Å². The lowest BCUT2D eigenvalue weighted by Gasteiger charge is -2.27. The maximum atomic E-state index is 5.71. The molecular formula is C17H29NO3. The van der Waals surface area contributed by atoms with E-state index in [1.165, 1.54) is 5.56 Å². The number of hydrogen-bond donors (Lipinski definition) is 1. The summed E-state index contributed by atoms with van der Waals surface area (Å²) in [7, 11) is 3.37. The zero-order chi connectivity index (χ0) is 15.9. The Bertz CT molecular complexity index is 432. The Morgan fingerprint density at radius 1 is 1.24 bits per heavy atom. The first kappa shape index (κ1) is 18.0. The van der Waals surface area contributed by atoms with Crippen LogP contribution in [0.5, 0.6) is 5.75 Å². The summed E-state index contributed by atoms with van der Waals surface area (Å²) < 4.78 is 16.3. The topological polar surface area (TPSA) is 39.7 Å². The summed E-state index contributed by atoms with van der Waals surface area (Å²) in [6, 6.07) is 6.46. The lowest BCUT2D eigenvalue weighted by Crippen LogP contribution is -2.38. The third kappa shape index (κ3) is 5.65. The van der Waals surface area contributed by atoms with Crippen LogP contribution in [0.4, 0.5) is 0 Å². The van der Waals surface area contributed by atoms with Gasteiger partial charge in [0.1, 0.15) is 5.75 Å². The van der Waals surface area contributed by atoms with Crippen molar-refractivity contribution in [2.45, 2.75) is 45.9 Å². The van der Waals surface area contributed by atoms with E-state index in [1.807, 2.05) is 13.0 Å². The highest BCUT2D eigenvalue weighted by atomic mass is 16.5. The van der Waals surface area contributed by atoms with Crippen molar-refractivity contribution in [1.29, 1.82) is 0 Å². The number of rotatable bonds is 9. The van der Waals surface area contributed by atoms with Crippen molar-refractivity contribution in [3.8, 4) is 5.75 Å². The van der Waals surface area contributed by atoms with Gasteiger partial charge in [-0.1, -0.05) is 6.07 Å². The van der Waals surface area contributed by atoms with Gasteiger partial charge in [0.2, 0.25) is 0 Å². The quantitative estimate of drug-likeness (QED) is 0.759. The van der Waals surface area contributed by atoms with Gasteiger partial charge >= 0.3 is 0 Å². The normalized spacial score (nSPS) is 13.2. The summed E-state index contributed by atoms with van der Waals surface area (Å²) in [5, 5.41) is 3.52. The molecule has 0 saturated carbocycles. The molecule has 1 N–H and O–H groups in total. The van der Waals surface area contributed by atoms with Gasteiger partial charge in [-0.05, 0) is 45.4 Å². The zero-order valence-electron chi connectivity index (χ0n) is 14.2. The summed E-state index contributed by atoms with van der Waals surface area (Å²) in [6.07, 6.45) is 0. The number of nitrogens with one attached hydrogen (secondary N) is 1. The van der Waals surface area contributed by atoms with Gasteiger partial charge in [-0.2, -0.15) is 0 Å². The fourth-order valence-electron chi connectivity index (χ4n) is 2.29. The average molecular weight is 295 g/mol. The van der Waals surface area contributed by atoms with Gasteiger partial charge in [0.05, 0.1) is 19.3 Å². The van der Waals surface area contributed by atoms with Gasteiger partial charge in [-0.15, -0.1) is 0 Å². The predicted molar refractivity (Wildman–Crippen MR) is 85.8 cm³/mol. The van der Waals surface area contributed by atoms with Gasteiger partial charge in [0, 0.05) is 31.9 Å². The molecule has 0 amide bonds. The summed E-state index contributed by atoms with van der Waals surface area (Å²) in [6.45, 7) is 10.4. The van der Waals surface area contributed by atoms with E-state index in [0.717, 1.165) is 24.5 Å². The van der Waals surface area contributed by atoms with Crippen LogP contribution in [0.1, 0.15) is 44.9 Å². The second kappa shape index (κ2) is 8.37. The highest BCUT2D eigenvalue weighted by Crippen LogP contribution is 2.24. The van der Waals surface area contributed by atoms with Gasteiger partial charge < -0.3 is 19.5 Å². The SMILES string of the molecule is CCOC(C)(C)CNC(C)c1ccc(OC)c(COC)c1. The molecule has 0 radical (unpaired) electrons. The number of methoxy groups -OCH3 is 2. The molecule has 0 spiro atoms. The van der Waals surface area contributed by atoms with E-state index in [1.54, 1.807) is 14.2 Å². The minimum atomic E-state index is -0.162. The van der Waals surface area contributed by atoms with E-state index in [9.17, 15) is 0 Å². The Morgan fingerprint density at radius 2 is 1.95 bits per heavy atom. The Kier molecular flexibility index (Phi) is 7.15. The maximum Gasteiger partial charge on any atom is 0.124 e. The highest BCUT2D eigenvalue weighted by Gasteiger charge is 2.19. The van der Waals surface area contributed by atoms with Crippen LogP contribution in [0.25, 0.3) is 0 Å². The van der Waals surface area contributed by atoms with E-state index >= 15 is 0 Å². The Morgan fingerprint density at radius 3 is 2.52 bits per heavy atom. The first-order valence-corrected chi connectivity index (χ1v) is 7.46. The first-order chi connectivity index (χ1) is 9.93. The summed E-state index contributed by atoms with van der Waals surface area (Å²) >= 11 is 0. The van der Waals surface area contributed by atoms with Crippen molar-refractivity contribution in [1.82, 2.24) is 5.32 Å². The molecular weight excluding hydrogens is 266 g/mol. The molecule has 120 valence electrons. The van der Waals surface area contributed by atoms with Crippen LogP contribution < -0.4 is 10.1 Å². The average Bonchev–Trinajstić information content (AvgIpc) is 2.45. The number of ether oxygens (including phenoxy) is 3. The predicted octanol–water partition coefficient (Wildman–Crippen LogP) is 3.31. The molecule has 1 unspecified atom stereocenters. The molecule has 1 aromatic rings. The molecule has 4 nitrogen and oxygen atoms in total. The lowest BCUT2D eigenvalue weighted by atomic mass is 10.0. The van der Waals surface area contributed by atoms with Crippen molar-refractivity contribution in [2.24, 2.45) is 0 Å². The molecule has 1 aromatic carbocycles. The first-order valence-electron chi connectivity index (χ1n) is 7.46. The number of hydrogen-bond acceptors (Lipinski definition) is 4. The highest BCUT2D eigenvalue weighted by molar-refractivity contribution is 5.38. The Hall–Kier alpha value is -1.10. The number of benzene rings is 1. The van der Waals surface area contributed by atoms with Gasteiger partial charge in [-0.3, -0.25) is 0 Å². The van der Waals surface area contributed by atoms with Crippen LogP contribution in [0.15, 0.2) is 18.2 Å². The van der Waals surface area contributed by atoms with Crippen LogP contribution in [-0.2, 0) is 16.1 Å². The molecule has 0 saturated heterocycles. The molecule has 4 heteroatoms. The Labute approximate surface area is 128 Å². The third-order valence-corrected chi connectivity index (χ3v) is 3.47. The summed E-state index contributed by atoms with van der Waals surface area (Å²) in [4.78, 5) is 0. The van der Waals surface area contributed by atoms with E-state index < -0.39 is 0 Å². The van der Waals surface area contributed by atoms with E-state index in [0.29, 0.717) is 6.61 Å². The van der Waals surface area contributed by atoms with Crippen LogP contribution >= 0.6 is 0 Å².